The van der Waals surface area contributed by atoms with E-state index in [2.05, 4.69) is 0 Å². The van der Waals surface area contributed by atoms with Gasteiger partial charge in [0.15, 0.2) is 0 Å². The Morgan fingerprint density at radius 2 is 2.18 bits per heavy atom. The molecule has 1 rings (SSSR count). The van der Waals surface area contributed by atoms with Gasteiger partial charge in [0.25, 0.3) is 0 Å². The van der Waals surface area contributed by atoms with Gasteiger partial charge in [0.1, 0.15) is 0 Å². The van der Waals surface area contributed by atoms with Gasteiger partial charge in [0.2, 0.25) is 0 Å². The Hall–Kier alpha value is -0.530. The Labute approximate surface area is 67.6 Å². The van der Waals surface area contributed by atoms with Crippen molar-refractivity contribution in [2.45, 2.75) is 33.6 Å². The van der Waals surface area contributed by atoms with E-state index in [-0.39, 0.29) is 5.92 Å². The van der Waals surface area contributed by atoms with Crippen LogP contribution in [0.25, 0.3) is 0 Å². The third-order valence-corrected chi connectivity index (χ3v) is 3.30. The van der Waals surface area contributed by atoms with Crippen molar-refractivity contribution < 1.29 is 9.90 Å². The minimum Gasteiger partial charge on any atom is -0.481 e. The van der Waals surface area contributed by atoms with Gasteiger partial charge in [-0.3, -0.25) is 4.79 Å². The van der Waals surface area contributed by atoms with E-state index in [9.17, 15) is 4.79 Å². The summed E-state index contributed by atoms with van der Waals surface area (Å²) in [5.41, 5.74) is -0.403. The molecule has 11 heavy (non-hydrogen) atoms. The smallest absolute Gasteiger partial charge is 0.310 e. The van der Waals surface area contributed by atoms with Crippen molar-refractivity contribution >= 4 is 5.97 Å². The Morgan fingerprint density at radius 1 is 1.64 bits per heavy atom. The van der Waals surface area contributed by atoms with Gasteiger partial charge in [-0.15, -0.1) is 0 Å². The van der Waals surface area contributed by atoms with Crippen LogP contribution in [0.5, 0.6) is 0 Å². The molecule has 0 heterocycles. The first-order valence-corrected chi connectivity index (χ1v) is 4.25. The second-order valence-corrected chi connectivity index (χ2v) is 3.94. The zero-order chi connectivity index (χ0) is 8.65. The van der Waals surface area contributed by atoms with Crippen LogP contribution >= 0.6 is 0 Å². The maximum Gasteiger partial charge on any atom is 0.310 e. The number of hydrogen-bond acceptors (Lipinski definition) is 1. The molecule has 0 saturated heterocycles. The molecule has 2 unspecified atom stereocenters. The first-order chi connectivity index (χ1) is 5.01. The van der Waals surface area contributed by atoms with Crippen LogP contribution in [0.15, 0.2) is 0 Å². The Morgan fingerprint density at radius 3 is 2.18 bits per heavy atom. The van der Waals surface area contributed by atoms with Gasteiger partial charge in [-0.2, -0.15) is 0 Å². The number of carboxylic acids is 1. The molecule has 1 N–H and O–H groups in total. The van der Waals surface area contributed by atoms with E-state index < -0.39 is 11.4 Å². The van der Waals surface area contributed by atoms with Crippen molar-refractivity contribution in [1.29, 1.82) is 0 Å². The molecular formula is C9H16O2. The lowest BCUT2D eigenvalue weighted by atomic mass is 9.55. The number of aliphatic carboxylic acids is 1. The van der Waals surface area contributed by atoms with Crippen LogP contribution in [-0.4, -0.2) is 11.1 Å². The van der Waals surface area contributed by atoms with E-state index >= 15 is 0 Å². The molecule has 1 aliphatic carbocycles. The summed E-state index contributed by atoms with van der Waals surface area (Å²) in [4.78, 5) is 11.0. The molecule has 0 spiro atoms. The van der Waals surface area contributed by atoms with Crippen molar-refractivity contribution in [3.63, 3.8) is 0 Å². The standard InChI is InChI=1S/C9H16O2/c1-6(2)9(8(10)11)5-4-7(9)3/h6-7H,4-5H2,1-3H3,(H,10,11). The number of hydrogen-bond donors (Lipinski definition) is 1. The van der Waals surface area contributed by atoms with Gasteiger partial charge in [-0.1, -0.05) is 20.8 Å². The zero-order valence-electron chi connectivity index (χ0n) is 7.42. The van der Waals surface area contributed by atoms with Crippen LogP contribution in [0.4, 0.5) is 0 Å². The van der Waals surface area contributed by atoms with Gasteiger partial charge < -0.3 is 5.11 Å². The summed E-state index contributed by atoms with van der Waals surface area (Å²) in [7, 11) is 0. The van der Waals surface area contributed by atoms with Gasteiger partial charge in [0.05, 0.1) is 5.41 Å². The molecule has 1 saturated carbocycles. The Bertz CT molecular complexity index is 168. The van der Waals surface area contributed by atoms with Crippen molar-refractivity contribution in [3.8, 4) is 0 Å². The molecule has 1 aliphatic rings. The summed E-state index contributed by atoms with van der Waals surface area (Å²) in [6.45, 7) is 6.05. The van der Waals surface area contributed by atoms with Crippen molar-refractivity contribution in [3.05, 3.63) is 0 Å². The van der Waals surface area contributed by atoms with Crippen LogP contribution in [0.2, 0.25) is 0 Å². The predicted octanol–water partition coefficient (Wildman–Crippen LogP) is 2.14. The highest BCUT2D eigenvalue weighted by Gasteiger charge is 2.52. The Kier molecular flexibility index (Phi) is 1.95. The van der Waals surface area contributed by atoms with E-state index in [0.717, 1.165) is 12.8 Å². The monoisotopic (exact) mass is 156 g/mol. The van der Waals surface area contributed by atoms with Crippen LogP contribution in [0.1, 0.15) is 33.6 Å². The largest absolute Gasteiger partial charge is 0.481 e. The molecule has 0 amide bonds. The van der Waals surface area contributed by atoms with Crippen molar-refractivity contribution in [2.75, 3.05) is 0 Å². The van der Waals surface area contributed by atoms with E-state index in [4.69, 9.17) is 5.11 Å². The van der Waals surface area contributed by atoms with Crippen molar-refractivity contribution in [2.24, 2.45) is 17.3 Å². The molecular weight excluding hydrogens is 140 g/mol. The second kappa shape index (κ2) is 2.50. The van der Waals surface area contributed by atoms with Gasteiger partial charge in [-0.25, -0.2) is 0 Å². The third-order valence-electron chi connectivity index (χ3n) is 3.30. The molecule has 2 heteroatoms. The normalized spacial score (nSPS) is 36.9. The predicted molar refractivity (Wildman–Crippen MR) is 43.3 cm³/mol. The van der Waals surface area contributed by atoms with Gasteiger partial charge >= 0.3 is 5.97 Å². The molecule has 2 nitrogen and oxygen atoms in total. The maximum absolute atomic E-state index is 11.0. The average molecular weight is 156 g/mol. The first-order valence-electron chi connectivity index (χ1n) is 4.25. The van der Waals surface area contributed by atoms with Gasteiger partial charge in [-0.05, 0) is 24.7 Å². The molecule has 0 bridgehead atoms. The lowest BCUT2D eigenvalue weighted by Gasteiger charge is -2.47. The van der Waals surface area contributed by atoms with E-state index in [0.29, 0.717) is 5.92 Å². The summed E-state index contributed by atoms with van der Waals surface area (Å²) in [5.74, 6) is 0.0231. The minimum atomic E-state index is -0.605. The topological polar surface area (TPSA) is 37.3 Å². The molecule has 0 radical (unpaired) electrons. The lowest BCUT2D eigenvalue weighted by molar-refractivity contribution is -0.165. The molecule has 0 aromatic heterocycles. The summed E-state index contributed by atoms with van der Waals surface area (Å²) in [5, 5.41) is 9.02. The fourth-order valence-electron chi connectivity index (χ4n) is 2.17. The summed E-state index contributed by atoms with van der Waals surface area (Å²) < 4.78 is 0. The average Bonchev–Trinajstić information content (AvgIpc) is 1.83. The number of rotatable bonds is 2. The molecule has 0 aromatic carbocycles. The SMILES string of the molecule is CC(C)C1(C(=O)O)CCC1C. The number of carboxylic acid groups (broad SMARTS) is 1. The Balaban J connectivity index is 2.81. The van der Waals surface area contributed by atoms with E-state index in [1.165, 1.54) is 0 Å². The van der Waals surface area contributed by atoms with E-state index in [1.807, 2.05) is 20.8 Å². The molecule has 0 aromatic rings. The second-order valence-electron chi connectivity index (χ2n) is 3.94. The zero-order valence-corrected chi connectivity index (χ0v) is 7.42. The van der Waals surface area contributed by atoms with Crippen molar-refractivity contribution in [1.82, 2.24) is 0 Å². The summed E-state index contributed by atoms with van der Waals surface area (Å²) in [6.07, 6.45) is 1.94. The van der Waals surface area contributed by atoms with Crippen LogP contribution in [0, 0.1) is 17.3 Å². The first kappa shape index (κ1) is 8.57. The molecule has 0 aliphatic heterocycles. The highest BCUT2D eigenvalue weighted by molar-refractivity contribution is 5.76. The minimum absolute atomic E-state index is 0.267. The molecule has 1 fully saturated rings. The maximum atomic E-state index is 11.0. The van der Waals surface area contributed by atoms with Gasteiger partial charge in [0, 0.05) is 0 Å². The highest BCUT2D eigenvalue weighted by atomic mass is 16.4. The lowest BCUT2D eigenvalue weighted by Crippen LogP contribution is -2.49. The fourth-order valence-corrected chi connectivity index (χ4v) is 2.17. The van der Waals surface area contributed by atoms with E-state index in [1.54, 1.807) is 0 Å². The highest BCUT2D eigenvalue weighted by Crippen LogP contribution is 2.51. The molecule has 64 valence electrons. The van der Waals surface area contributed by atoms with Crippen LogP contribution in [-0.2, 0) is 4.79 Å². The third kappa shape index (κ3) is 0.959. The quantitative estimate of drug-likeness (QED) is 0.665. The van der Waals surface area contributed by atoms with Crippen LogP contribution in [0.3, 0.4) is 0 Å². The summed E-state index contributed by atoms with van der Waals surface area (Å²) >= 11 is 0. The van der Waals surface area contributed by atoms with Crippen LogP contribution < -0.4 is 0 Å². The molecule has 2 atom stereocenters. The number of carbonyl (C=O) groups is 1. The summed E-state index contributed by atoms with van der Waals surface area (Å²) in [6, 6.07) is 0. The fraction of sp³-hybridized carbons (Fsp3) is 0.889.